The lowest BCUT2D eigenvalue weighted by Gasteiger charge is -2.31. The monoisotopic (exact) mass is 579 g/mol. The molecule has 2 aromatic carbocycles. The summed E-state index contributed by atoms with van der Waals surface area (Å²) in [7, 11) is -4.45. The summed E-state index contributed by atoms with van der Waals surface area (Å²) in [4.78, 5) is 16.6. The normalized spacial score (nSPS) is 14.9. The Morgan fingerprint density at radius 3 is 2.35 bits per heavy atom. The van der Waals surface area contributed by atoms with Gasteiger partial charge in [-0.1, -0.05) is 36.4 Å². The van der Waals surface area contributed by atoms with Crippen molar-refractivity contribution in [3.8, 4) is 0 Å². The molecule has 40 heavy (non-hydrogen) atoms. The van der Waals surface area contributed by atoms with Gasteiger partial charge in [0.2, 0.25) is 15.9 Å². The van der Waals surface area contributed by atoms with Crippen molar-refractivity contribution in [2.75, 3.05) is 45.9 Å². The van der Waals surface area contributed by atoms with Crippen LogP contribution in [0.5, 0.6) is 0 Å². The minimum Gasteiger partial charge on any atom is -0.464 e. The lowest BCUT2D eigenvalue weighted by atomic mass is 10.2. The van der Waals surface area contributed by atoms with E-state index in [-0.39, 0.29) is 19.6 Å². The molecule has 2 heterocycles. The lowest BCUT2D eigenvalue weighted by Crippen LogP contribution is -2.47. The van der Waals surface area contributed by atoms with E-state index in [1.54, 1.807) is 19.1 Å². The predicted molar refractivity (Wildman–Crippen MR) is 142 cm³/mol. The molecular weight excluding hydrogens is 547 g/mol. The molecule has 0 saturated carbocycles. The molecular formula is C28H32F3N3O5S. The summed E-state index contributed by atoms with van der Waals surface area (Å²) < 4.78 is 79.5. The molecule has 1 saturated heterocycles. The van der Waals surface area contributed by atoms with E-state index in [2.05, 4.69) is 0 Å². The summed E-state index contributed by atoms with van der Waals surface area (Å²) >= 11 is 0. The first-order chi connectivity index (χ1) is 19.0. The highest BCUT2D eigenvalue weighted by atomic mass is 32.2. The predicted octanol–water partition coefficient (Wildman–Crippen LogP) is 4.16. The maximum Gasteiger partial charge on any atom is 0.416 e. The minimum absolute atomic E-state index is 0.0800. The average molecular weight is 580 g/mol. The molecule has 8 nitrogen and oxygen atoms in total. The molecule has 0 radical (unpaired) electrons. The number of sulfonamides is 1. The Hall–Kier alpha value is -3.19. The number of hydrogen-bond donors (Lipinski definition) is 0. The number of carbonyl (C=O) groups excluding carboxylic acids is 1. The van der Waals surface area contributed by atoms with E-state index in [9.17, 15) is 26.4 Å². The van der Waals surface area contributed by atoms with Gasteiger partial charge in [0.05, 0.1) is 36.8 Å². The van der Waals surface area contributed by atoms with Crippen LogP contribution in [0.3, 0.4) is 0 Å². The SMILES string of the molecule is Cc1ccc(CN(Cc2ccccc2)C(=O)CN(CCN2CCOCC2)S(=O)(=O)c2cccc(C(F)(F)F)c2)o1. The van der Waals surface area contributed by atoms with Crippen molar-refractivity contribution in [3.63, 3.8) is 0 Å². The molecule has 1 aliphatic rings. The van der Waals surface area contributed by atoms with Gasteiger partial charge in [0, 0.05) is 32.7 Å². The lowest BCUT2D eigenvalue weighted by molar-refractivity contribution is -0.137. The topological polar surface area (TPSA) is 83.3 Å². The van der Waals surface area contributed by atoms with Gasteiger partial charge in [-0.25, -0.2) is 8.42 Å². The van der Waals surface area contributed by atoms with E-state index in [1.807, 2.05) is 35.2 Å². The number of aryl methyl sites for hydroxylation is 1. The van der Waals surface area contributed by atoms with Crippen molar-refractivity contribution < 1.29 is 35.5 Å². The van der Waals surface area contributed by atoms with Crippen LogP contribution in [0.1, 0.15) is 22.6 Å². The van der Waals surface area contributed by atoms with Crippen LogP contribution in [0.25, 0.3) is 0 Å². The largest absolute Gasteiger partial charge is 0.464 e. The summed E-state index contributed by atoms with van der Waals surface area (Å²) in [5, 5.41) is 0. The third kappa shape index (κ3) is 7.94. The number of morpholine rings is 1. The highest BCUT2D eigenvalue weighted by Crippen LogP contribution is 2.31. The van der Waals surface area contributed by atoms with Crippen LogP contribution in [-0.4, -0.2) is 74.4 Å². The quantitative estimate of drug-likeness (QED) is 0.339. The molecule has 12 heteroatoms. The van der Waals surface area contributed by atoms with Crippen molar-refractivity contribution in [3.05, 3.63) is 89.4 Å². The first kappa shape index (κ1) is 29.8. The second kappa shape index (κ2) is 13.0. The summed E-state index contributed by atoms with van der Waals surface area (Å²) in [6.07, 6.45) is -4.71. The summed E-state index contributed by atoms with van der Waals surface area (Å²) in [5.74, 6) is 0.694. The summed E-state index contributed by atoms with van der Waals surface area (Å²) in [6, 6.07) is 16.3. The summed E-state index contributed by atoms with van der Waals surface area (Å²) in [6.45, 7) is 3.90. The molecule has 1 aromatic heterocycles. The van der Waals surface area contributed by atoms with Crippen LogP contribution in [-0.2, 0) is 38.8 Å². The Balaban J connectivity index is 1.61. The number of benzene rings is 2. The standard InChI is InChI=1S/C28H32F3N3O5S/c1-22-10-11-25(39-22)20-33(19-23-6-3-2-4-7-23)27(35)21-34(13-12-32-14-16-38-17-15-32)40(36,37)26-9-5-8-24(18-26)28(29,30)31/h2-11,18H,12-17,19-21H2,1H3. The fourth-order valence-electron chi connectivity index (χ4n) is 4.39. The first-order valence-electron chi connectivity index (χ1n) is 12.9. The third-order valence-electron chi connectivity index (χ3n) is 6.59. The zero-order valence-electron chi connectivity index (χ0n) is 22.1. The maximum atomic E-state index is 13.7. The van der Waals surface area contributed by atoms with E-state index in [4.69, 9.17) is 9.15 Å². The highest BCUT2D eigenvalue weighted by molar-refractivity contribution is 7.89. The number of nitrogens with zero attached hydrogens (tertiary/aromatic N) is 3. The number of amides is 1. The fourth-order valence-corrected chi connectivity index (χ4v) is 5.82. The Morgan fingerprint density at radius 1 is 0.975 bits per heavy atom. The number of furan rings is 1. The minimum atomic E-state index is -4.71. The molecule has 1 fully saturated rings. The van der Waals surface area contributed by atoms with E-state index in [0.29, 0.717) is 50.4 Å². The Bertz CT molecular complexity index is 1370. The van der Waals surface area contributed by atoms with E-state index in [0.717, 1.165) is 28.1 Å². The third-order valence-corrected chi connectivity index (χ3v) is 8.43. The molecule has 0 aliphatic carbocycles. The van der Waals surface area contributed by atoms with E-state index < -0.39 is 39.1 Å². The van der Waals surface area contributed by atoms with Gasteiger partial charge in [-0.15, -0.1) is 0 Å². The van der Waals surface area contributed by atoms with Gasteiger partial charge >= 0.3 is 6.18 Å². The first-order valence-corrected chi connectivity index (χ1v) is 14.3. The molecule has 1 aliphatic heterocycles. The van der Waals surface area contributed by atoms with Gasteiger partial charge in [0.25, 0.3) is 0 Å². The van der Waals surface area contributed by atoms with Gasteiger partial charge in [0.1, 0.15) is 11.5 Å². The molecule has 4 rings (SSSR count). The van der Waals surface area contributed by atoms with Crippen molar-refractivity contribution in [1.82, 2.24) is 14.1 Å². The van der Waals surface area contributed by atoms with Crippen LogP contribution in [0.15, 0.2) is 76.0 Å². The average Bonchev–Trinajstić information content (AvgIpc) is 3.35. The number of ether oxygens (including phenoxy) is 1. The zero-order valence-corrected chi connectivity index (χ0v) is 23.0. The number of rotatable bonds is 11. The second-order valence-electron chi connectivity index (χ2n) is 9.57. The van der Waals surface area contributed by atoms with Crippen LogP contribution in [0.4, 0.5) is 13.2 Å². The maximum absolute atomic E-state index is 13.7. The van der Waals surface area contributed by atoms with Gasteiger partial charge < -0.3 is 14.1 Å². The van der Waals surface area contributed by atoms with Crippen molar-refractivity contribution in [2.24, 2.45) is 0 Å². The Labute approximate surface area is 232 Å². The van der Waals surface area contributed by atoms with Crippen LogP contribution in [0.2, 0.25) is 0 Å². The van der Waals surface area contributed by atoms with Crippen LogP contribution < -0.4 is 0 Å². The van der Waals surface area contributed by atoms with Crippen LogP contribution >= 0.6 is 0 Å². The number of hydrogen-bond acceptors (Lipinski definition) is 6. The van der Waals surface area contributed by atoms with Gasteiger partial charge in [-0.05, 0) is 42.8 Å². The van der Waals surface area contributed by atoms with E-state index in [1.165, 1.54) is 4.90 Å². The van der Waals surface area contributed by atoms with E-state index >= 15 is 0 Å². The molecule has 3 aromatic rings. The second-order valence-corrected chi connectivity index (χ2v) is 11.5. The van der Waals surface area contributed by atoms with Crippen molar-refractivity contribution in [2.45, 2.75) is 31.1 Å². The molecule has 216 valence electrons. The molecule has 0 spiro atoms. The van der Waals surface area contributed by atoms with Crippen molar-refractivity contribution >= 4 is 15.9 Å². The van der Waals surface area contributed by atoms with Crippen LogP contribution in [0, 0.1) is 6.92 Å². The Morgan fingerprint density at radius 2 is 1.70 bits per heavy atom. The number of halogens is 3. The summed E-state index contributed by atoms with van der Waals surface area (Å²) in [5.41, 5.74) is -0.244. The zero-order chi connectivity index (χ0) is 28.8. The fraction of sp³-hybridized carbons (Fsp3) is 0.393. The smallest absolute Gasteiger partial charge is 0.416 e. The van der Waals surface area contributed by atoms with Crippen molar-refractivity contribution in [1.29, 1.82) is 0 Å². The van der Waals surface area contributed by atoms with Gasteiger partial charge in [0.15, 0.2) is 0 Å². The molecule has 1 amide bonds. The Kier molecular flexibility index (Phi) is 9.67. The molecule has 0 unspecified atom stereocenters. The molecule has 0 bridgehead atoms. The number of carbonyl (C=O) groups is 1. The highest BCUT2D eigenvalue weighted by Gasteiger charge is 2.34. The molecule has 0 N–H and O–H groups in total. The molecule has 0 atom stereocenters. The number of alkyl halides is 3. The van der Waals surface area contributed by atoms with Gasteiger partial charge in [-0.3, -0.25) is 9.69 Å². The van der Waals surface area contributed by atoms with Gasteiger partial charge in [-0.2, -0.15) is 17.5 Å².